The van der Waals surface area contributed by atoms with Gasteiger partial charge in [-0.3, -0.25) is 0 Å². The zero-order chi connectivity index (χ0) is 13.7. The summed E-state index contributed by atoms with van der Waals surface area (Å²) in [6.07, 6.45) is 9.49. The molecule has 0 radical (unpaired) electrons. The van der Waals surface area contributed by atoms with Gasteiger partial charge in [0.25, 0.3) is 0 Å². The van der Waals surface area contributed by atoms with Crippen LogP contribution < -0.4 is 5.32 Å². The molecule has 1 fully saturated rings. The predicted octanol–water partition coefficient (Wildman–Crippen LogP) is 2.43. The van der Waals surface area contributed by atoms with Crippen LogP contribution in [0.5, 0.6) is 0 Å². The maximum Gasteiger partial charge on any atom is 0.0951 e. The Bertz CT molecular complexity index is 366. The Balaban J connectivity index is 1.67. The normalized spacial score (nSPS) is 16.9. The second-order valence-electron chi connectivity index (χ2n) is 5.98. The fourth-order valence-electron chi connectivity index (χ4n) is 2.93. The zero-order valence-electron chi connectivity index (χ0n) is 12.6. The number of nitrogens with zero attached hydrogens (tertiary/aromatic N) is 3. The lowest BCUT2D eigenvalue weighted by Crippen LogP contribution is -2.35. The highest BCUT2D eigenvalue weighted by Gasteiger charge is 2.18. The standard InChI is InChI=1S/C15H28N4/c1-13(2)19-12-17-11-15(19)10-16-8-9-18(3)14-6-4-5-7-14/h11-14,16H,4-10H2,1-3H3. The summed E-state index contributed by atoms with van der Waals surface area (Å²) < 4.78 is 2.23. The van der Waals surface area contributed by atoms with E-state index in [0.29, 0.717) is 6.04 Å². The number of hydrogen-bond acceptors (Lipinski definition) is 3. The SMILES string of the molecule is CC(C)n1cncc1CNCCN(C)C1CCCC1. The Labute approximate surface area is 117 Å². The van der Waals surface area contributed by atoms with E-state index < -0.39 is 0 Å². The van der Waals surface area contributed by atoms with Crippen molar-refractivity contribution in [3.63, 3.8) is 0 Å². The van der Waals surface area contributed by atoms with Crippen LogP contribution in [0.2, 0.25) is 0 Å². The summed E-state index contributed by atoms with van der Waals surface area (Å²) in [7, 11) is 2.26. The minimum absolute atomic E-state index is 0.487. The van der Waals surface area contributed by atoms with Gasteiger partial charge >= 0.3 is 0 Å². The third kappa shape index (κ3) is 4.05. The number of rotatable bonds is 7. The Morgan fingerprint density at radius 2 is 2.16 bits per heavy atom. The Morgan fingerprint density at radius 3 is 2.84 bits per heavy atom. The molecule has 1 aromatic rings. The number of nitrogens with one attached hydrogen (secondary N) is 1. The number of aromatic nitrogens is 2. The topological polar surface area (TPSA) is 33.1 Å². The first kappa shape index (κ1) is 14.5. The van der Waals surface area contributed by atoms with Crippen LogP contribution in [-0.2, 0) is 6.54 Å². The largest absolute Gasteiger partial charge is 0.331 e. The molecule has 0 aromatic carbocycles. The van der Waals surface area contributed by atoms with Gasteiger partial charge in [0.1, 0.15) is 0 Å². The minimum atomic E-state index is 0.487. The van der Waals surface area contributed by atoms with Crippen molar-refractivity contribution in [2.75, 3.05) is 20.1 Å². The van der Waals surface area contributed by atoms with E-state index in [1.807, 2.05) is 12.5 Å². The van der Waals surface area contributed by atoms with Gasteiger partial charge < -0.3 is 14.8 Å². The highest BCUT2D eigenvalue weighted by molar-refractivity contribution is 4.99. The Morgan fingerprint density at radius 1 is 1.42 bits per heavy atom. The lowest BCUT2D eigenvalue weighted by molar-refractivity contribution is 0.245. The summed E-state index contributed by atoms with van der Waals surface area (Å²) >= 11 is 0. The van der Waals surface area contributed by atoms with E-state index in [9.17, 15) is 0 Å². The molecule has 0 amide bonds. The molecule has 1 aromatic heterocycles. The molecule has 0 bridgehead atoms. The number of likely N-dealkylation sites (N-methyl/N-ethyl adjacent to an activating group) is 1. The summed E-state index contributed by atoms with van der Waals surface area (Å²) in [6.45, 7) is 7.49. The third-order valence-corrected chi connectivity index (χ3v) is 4.20. The quantitative estimate of drug-likeness (QED) is 0.768. The molecule has 1 heterocycles. The average molecular weight is 264 g/mol. The lowest BCUT2D eigenvalue weighted by atomic mass is 10.2. The Hall–Kier alpha value is -0.870. The van der Waals surface area contributed by atoms with Crippen molar-refractivity contribution in [3.8, 4) is 0 Å². The average Bonchev–Trinajstić information content (AvgIpc) is 3.04. The summed E-state index contributed by atoms with van der Waals surface area (Å²) in [4.78, 5) is 6.75. The second-order valence-corrected chi connectivity index (χ2v) is 5.98. The highest BCUT2D eigenvalue weighted by atomic mass is 15.1. The molecular weight excluding hydrogens is 236 g/mol. The number of imidazole rings is 1. The number of hydrogen-bond donors (Lipinski definition) is 1. The van der Waals surface area contributed by atoms with Crippen molar-refractivity contribution in [1.29, 1.82) is 0 Å². The molecule has 0 spiro atoms. The predicted molar refractivity (Wildman–Crippen MR) is 79.2 cm³/mol. The zero-order valence-corrected chi connectivity index (χ0v) is 12.6. The molecular formula is C15H28N4. The first-order chi connectivity index (χ1) is 9.18. The van der Waals surface area contributed by atoms with Crippen molar-refractivity contribution in [3.05, 3.63) is 18.2 Å². The van der Waals surface area contributed by atoms with E-state index in [2.05, 4.69) is 40.7 Å². The van der Waals surface area contributed by atoms with Gasteiger partial charge in [0.05, 0.1) is 12.0 Å². The van der Waals surface area contributed by atoms with Crippen molar-refractivity contribution >= 4 is 0 Å². The molecule has 1 N–H and O–H groups in total. The van der Waals surface area contributed by atoms with Gasteiger partial charge in [0.15, 0.2) is 0 Å². The second kappa shape index (κ2) is 7.06. The molecule has 2 rings (SSSR count). The molecule has 4 nitrogen and oxygen atoms in total. The fraction of sp³-hybridized carbons (Fsp3) is 0.800. The van der Waals surface area contributed by atoms with E-state index in [1.165, 1.54) is 31.4 Å². The van der Waals surface area contributed by atoms with Crippen LogP contribution in [0.15, 0.2) is 12.5 Å². The third-order valence-electron chi connectivity index (χ3n) is 4.20. The van der Waals surface area contributed by atoms with Crippen LogP contribution in [-0.4, -0.2) is 40.6 Å². The highest BCUT2D eigenvalue weighted by Crippen LogP contribution is 2.21. The van der Waals surface area contributed by atoms with Crippen LogP contribution in [0.1, 0.15) is 51.3 Å². The molecule has 0 saturated heterocycles. The molecule has 0 atom stereocenters. The first-order valence-corrected chi connectivity index (χ1v) is 7.60. The minimum Gasteiger partial charge on any atom is -0.331 e. The van der Waals surface area contributed by atoms with Crippen LogP contribution in [0, 0.1) is 0 Å². The van der Waals surface area contributed by atoms with Crippen LogP contribution >= 0.6 is 0 Å². The van der Waals surface area contributed by atoms with Crippen molar-refractivity contribution in [2.24, 2.45) is 0 Å². The van der Waals surface area contributed by atoms with Gasteiger partial charge in [-0.15, -0.1) is 0 Å². The molecule has 4 heteroatoms. The van der Waals surface area contributed by atoms with Gasteiger partial charge in [-0.25, -0.2) is 4.98 Å². The van der Waals surface area contributed by atoms with Gasteiger partial charge in [-0.1, -0.05) is 12.8 Å². The monoisotopic (exact) mass is 264 g/mol. The van der Waals surface area contributed by atoms with E-state index >= 15 is 0 Å². The molecule has 0 aliphatic heterocycles. The summed E-state index contributed by atoms with van der Waals surface area (Å²) in [5.74, 6) is 0. The van der Waals surface area contributed by atoms with E-state index in [0.717, 1.165) is 25.7 Å². The fourth-order valence-corrected chi connectivity index (χ4v) is 2.93. The van der Waals surface area contributed by atoms with E-state index in [4.69, 9.17) is 0 Å². The molecule has 1 saturated carbocycles. The van der Waals surface area contributed by atoms with Crippen molar-refractivity contribution in [1.82, 2.24) is 19.8 Å². The maximum absolute atomic E-state index is 4.23. The molecule has 108 valence electrons. The Kier molecular flexibility index (Phi) is 5.40. The van der Waals surface area contributed by atoms with Crippen LogP contribution in [0.4, 0.5) is 0 Å². The summed E-state index contributed by atoms with van der Waals surface area (Å²) in [6, 6.07) is 1.31. The van der Waals surface area contributed by atoms with E-state index in [1.54, 1.807) is 0 Å². The van der Waals surface area contributed by atoms with Crippen LogP contribution in [0.25, 0.3) is 0 Å². The van der Waals surface area contributed by atoms with Crippen molar-refractivity contribution in [2.45, 2.75) is 58.2 Å². The van der Waals surface area contributed by atoms with Gasteiger partial charge in [0.2, 0.25) is 0 Å². The lowest BCUT2D eigenvalue weighted by Gasteiger charge is -2.24. The molecule has 0 unspecified atom stereocenters. The molecule has 19 heavy (non-hydrogen) atoms. The van der Waals surface area contributed by atoms with Crippen LogP contribution in [0.3, 0.4) is 0 Å². The molecule has 1 aliphatic rings. The smallest absolute Gasteiger partial charge is 0.0951 e. The first-order valence-electron chi connectivity index (χ1n) is 7.60. The molecule has 1 aliphatic carbocycles. The summed E-state index contributed by atoms with van der Waals surface area (Å²) in [5, 5.41) is 3.53. The maximum atomic E-state index is 4.23. The van der Waals surface area contributed by atoms with E-state index in [-0.39, 0.29) is 0 Å². The van der Waals surface area contributed by atoms with Crippen molar-refractivity contribution < 1.29 is 0 Å². The van der Waals surface area contributed by atoms with Gasteiger partial charge in [-0.05, 0) is 33.7 Å². The van der Waals surface area contributed by atoms with Gasteiger partial charge in [0, 0.05) is 37.9 Å². The van der Waals surface area contributed by atoms with Gasteiger partial charge in [-0.2, -0.15) is 0 Å². The summed E-state index contributed by atoms with van der Waals surface area (Å²) in [5.41, 5.74) is 1.28.